The highest BCUT2D eigenvalue weighted by atomic mass is 35.5. The number of halogens is 2. The molecular weight excluding hydrogens is 309 g/mol. The van der Waals surface area contributed by atoms with Gasteiger partial charge >= 0.3 is 0 Å². The summed E-state index contributed by atoms with van der Waals surface area (Å²) in [5, 5.41) is 7.09. The number of nitrogens with zero attached hydrogens (tertiary/aromatic N) is 1. The lowest BCUT2D eigenvalue weighted by molar-refractivity contribution is -0.116. The number of rotatable bonds is 5. The Kier molecular flexibility index (Phi) is 6.30. The maximum absolute atomic E-state index is 12.0. The van der Waals surface area contributed by atoms with Crippen LogP contribution >= 0.6 is 23.2 Å². The van der Waals surface area contributed by atoms with E-state index in [1.807, 2.05) is 0 Å². The average Bonchev–Trinajstić information content (AvgIpc) is 2.49. The summed E-state index contributed by atoms with van der Waals surface area (Å²) in [5.74, 6) is -0.0689. The molecule has 1 aliphatic heterocycles. The minimum Gasteiger partial charge on any atom is -0.324 e. The number of carbonyl (C=O) groups is 1. The fraction of sp³-hybridized carbons (Fsp3) is 0.533. The molecule has 1 aliphatic rings. The molecule has 116 valence electrons. The van der Waals surface area contributed by atoms with Gasteiger partial charge in [-0.2, -0.15) is 0 Å². The van der Waals surface area contributed by atoms with E-state index in [2.05, 4.69) is 22.6 Å². The van der Waals surface area contributed by atoms with Crippen molar-refractivity contribution in [2.45, 2.75) is 25.3 Å². The van der Waals surface area contributed by atoms with Crippen LogP contribution in [-0.2, 0) is 4.79 Å². The number of benzene rings is 1. The summed E-state index contributed by atoms with van der Waals surface area (Å²) >= 11 is 12.1. The summed E-state index contributed by atoms with van der Waals surface area (Å²) in [4.78, 5) is 14.3. The van der Waals surface area contributed by atoms with Gasteiger partial charge in [-0.3, -0.25) is 4.79 Å². The van der Waals surface area contributed by atoms with E-state index in [1.165, 1.54) is 12.8 Å². The van der Waals surface area contributed by atoms with E-state index in [4.69, 9.17) is 23.2 Å². The highest BCUT2D eigenvalue weighted by molar-refractivity contribution is 6.39. The van der Waals surface area contributed by atoms with Crippen molar-refractivity contribution in [2.75, 3.05) is 32.0 Å². The molecule has 2 rings (SSSR count). The van der Waals surface area contributed by atoms with Crippen LogP contribution in [0, 0.1) is 0 Å². The summed E-state index contributed by atoms with van der Waals surface area (Å²) < 4.78 is 0. The predicted molar refractivity (Wildman–Crippen MR) is 88.2 cm³/mol. The van der Waals surface area contributed by atoms with Gasteiger partial charge in [-0.15, -0.1) is 0 Å². The van der Waals surface area contributed by atoms with Crippen molar-refractivity contribution in [3.63, 3.8) is 0 Å². The van der Waals surface area contributed by atoms with E-state index >= 15 is 0 Å². The summed E-state index contributed by atoms with van der Waals surface area (Å²) in [7, 11) is 2.06. The number of likely N-dealkylation sites (N-methyl/N-ethyl adjacent to an activating group) is 1. The molecule has 0 saturated carbocycles. The molecule has 1 atom stereocenters. The first-order valence-corrected chi connectivity index (χ1v) is 7.98. The number of hydrogen-bond donors (Lipinski definition) is 2. The highest BCUT2D eigenvalue weighted by Gasteiger charge is 2.18. The molecule has 1 aromatic carbocycles. The van der Waals surface area contributed by atoms with Gasteiger partial charge in [-0.05, 0) is 38.6 Å². The third kappa shape index (κ3) is 4.85. The zero-order chi connectivity index (χ0) is 15.2. The van der Waals surface area contributed by atoms with Crippen LogP contribution in [0.2, 0.25) is 10.0 Å². The van der Waals surface area contributed by atoms with Gasteiger partial charge in [-0.25, -0.2) is 0 Å². The summed E-state index contributed by atoms with van der Waals surface area (Å²) in [6, 6.07) is 5.69. The highest BCUT2D eigenvalue weighted by Crippen LogP contribution is 2.29. The molecule has 0 radical (unpaired) electrons. The zero-order valence-corrected chi connectivity index (χ0v) is 13.7. The van der Waals surface area contributed by atoms with Crippen molar-refractivity contribution in [2.24, 2.45) is 0 Å². The fourth-order valence-electron chi connectivity index (χ4n) is 2.49. The predicted octanol–water partition coefficient (Wildman–Crippen LogP) is 3.01. The van der Waals surface area contributed by atoms with E-state index in [9.17, 15) is 4.79 Å². The van der Waals surface area contributed by atoms with Gasteiger partial charge in [0.25, 0.3) is 0 Å². The van der Waals surface area contributed by atoms with E-state index < -0.39 is 0 Å². The van der Waals surface area contributed by atoms with Crippen molar-refractivity contribution >= 4 is 34.8 Å². The third-order valence-electron chi connectivity index (χ3n) is 3.81. The van der Waals surface area contributed by atoms with E-state index in [-0.39, 0.29) is 5.91 Å². The third-order valence-corrected chi connectivity index (χ3v) is 4.44. The molecule has 2 N–H and O–H groups in total. The lowest BCUT2D eigenvalue weighted by atomic mass is 10.1. The number of piperidine rings is 1. The maximum atomic E-state index is 12.0. The van der Waals surface area contributed by atoms with Crippen LogP contribution in [0.1, 0.15) is 19.3 Å². The van der Waals surface area contributed by atoms with E-state index in [0.29, 0.717) is 28.2 Å². The van der Waals surface area contributed by atoms with Gasteiger partial charge in [0.2, 0.25) is 5.91 Å². The van der Waals surface area contributed by atoms with Crippen LogP contribution in [0.3, 0.4) is 0 Å². The van der Waals surface area contributed by atoms with Gasteiger partial charge < -0.3 is 15.5 Å². The van der Waals surface area contributed by atoms with Crippen LogP contribution in [0.15, 0.2) is 18.2 Å². The zero-order valence-electron chi connectivity index (χ0n) is 12.2. The van der Waals surface area contributed by atoms with Gasteiger partial charge in [0.1, 0.15) is 0 Å². The normalized spacial score (nSPS) is 18.8. The van der Waals surface area contributed by atoms with Crippen molar-refractivity contribution in [1.82, 2.24) is 10.2 Å². The lowest BCUT2D eigenvalue weighted by Crippen LogP contribution is -2.44. The van der Waals surface area contributed by atoms with Crippen LogP contribution in [-0.4, -0.2) is 43.5 Å². The largest absolute Gasteiger partial charge is 0.324 e. The Hall–Kier alpha value is -0.810. The lowest BCUT2D eigenvalue weighted by Gasteiger charge is -2.31. The van der Waals surface area contributed by atoms with Crippen molar-refractivity contribution in [1.29, 1.82) is 0 Å². The van der Waals surface area contributed by atoms with E-state index in [1.54, 1.807) is 18.2 Å². The minimum atomic E-state index is -0.0689. The number of para-hydroxylation sites is 1. The first-order chi connectivity index (χ1) is 10.1. The van der Waals surface area contributed by atoms with Crippen LogP contribution in [0.25, 0.3) is 0 Å². The molecule has 21 heavy (non-hydrogen) atoms. The summed E-state index contributed by atoms with van der Waals surface area (Å²) in [6.07, 6.45) is 2.80. The summed E-state index contributed by atoms with van der Waals surface area (Å²) in [6.45, 7) is 2.81. The monoisotopic (exact) mass is 329 g/mol. The average molecular weight is 330 g/mol. The second kappa shape index (κ2) is 7.99. The number of carbonyl (C=O) groups excluding carboxylic acids is 1. The Labute approximate surface area is 135 Å². The Morgan fingerprint density at radius 1 is 1.43 bits per heavy atom. The molecule has 1 heterocycles. The van der Waals surface area contributed by atoms with Crippen molar-refractivity contribution in [3.8, 4) is 0 Å². The maximum Gasteiger partial charge on any atom is 0.225 e. The second-order valence-corrected chi connectivity index (χ2v) is 6.19. The quantitative estimate of drug-likeness (QED) is 0.872. The molecule has 1 unspecified atom stereocenters. The fourth-order valence-corrected chi connectivity index (χ4v) is 2.98. The standard InChI is InChI=1S/C15H21Cl2N3O/c1-20(11-4-3-8-18-10-11)9-7-14(21)19-15-12(16)5-2-6-13(15)17/h2,5-6,11,18H,3-4,7-10H2,1H3,(H,19,21). The van der Waals surface area contributed by atoms with E-state index in [0.717, 1.165) is 19.6 Å². The van der Waals surface area contributed by atoms with Crippen LogP contribution < -0.4 is 10.6 Å². The smallest absolute Gasteiger partial charge is 0.225 e. The molecule has 0 aromatic heterocycles. The molecule has 1 amide bonds. The molecule has 1 fully saturated rings. The Morgan fingerprint density at radius 3 is 2.76 bits per heavy atom. The molecule has 6 heteroatoms. The Morgan fingerprint density at radius 2 is 2.14 bits per heavy atom. The van der Waals surface area contributed by atoms with Crippen molar-refractivity contribution in [3.05, 3.63) is 28.2 Å². The van der Waals surface area contributed by atoms with Gasteiger partial charge in [0.05, 0.1) is 15.7 Å². The molecule has 0 spiro atoms. The first-order valence-electron chi connectivity index (χ1n) is 7.22. The SMILES string of the molecule is CN(CCC(=O)Nc1c(Cl)cccc1Cl)C1CCCNC1. The van der Waals surface area contributed by atoms with Gasteiger partial charge in [0.15, 0.2) is 0 Å². The molecule has 0 bridgehead atoms. The van der Waals surface area contributed by atoms with Crippen LogP contribution in [0.5, 0.6) is 0 Å². The molecule has 1 aromatic rings. The summed E-state index contributed by atoms with van der Waals surface area (Å²) in [5.41, 5.74) is 0.493. The number of amides is 1. The molecular formula is C15H21Cl2N3O. The molecule has 4 nitrogen and oxygen atoms in total. The molecule has 0 aliphatic carbocycles. The minimum absolute atomic E-state index is 0.0689. The van der Waals surface area contributed by atoms with Gasteiger partial charge in [-0.1, -0.05) is 29.3 Å². The van der Waals surface area contributed by atoms with Gasteiger partial charge in [0, 0.05) is 25.6 Å². The number of anilines is 1. The van der Waals surface area contributed by atoms with Crippen molar-refractivity contribution < 1.29 is 4.79 Å². The topological polar surface area (TPSA) is 44.4 Å². The van der Waals surface area contributed by atoms with Crippen LogP contribution in [0.4, 0.5) is 5.69 Å². The second-order valence-electron chi connectivity index (χ2n) is 5.38. The Balaban J connectivity index is 1.82. The number of hydrogen-bond acceptors (Lipinski definition) is 3. The Bertz CT molecular complexity index is 470. The molecule has 1 saturated heterocycles. The number of nitrogens with one attached hydrogen (secondary N) is 2. The first kappa shape index (κ1) is 16.6.